The number of aliphatic carboxylic acids is 4. The topological polar surface area (TPSA) is 168 Å². The summed E-state index contributed by atoms with van der Waals surface area (Å²) >= 11 is 1.07. The third kappa shape index (κ3) is 16.8. The number of hydrogen-bond acceptors (Lipinski definition) is 7. The lowest BCUT2D eigenvalue weighted by molar-refractivity contribution is -0.159. The Bertz CT molecular complexity index is 227. The van der Waals surface area contributed by atoms with E-state index in [1.807, 2.05) is 0 Å². The molecular weight excluding hydrogens is 264 g/mol. The molecule has 0 amide bonds. The molecule has 0 aromatic rings. The predicted molar refractivity (Wildman–Crippen MR) is 50.0 cm³/mol. The normalized spacial score (nSPS) is 12.2. The average molecular weight is 272 g/mol. The highest BCUT2D eigenvalue weighted by molar-refractivity contribution is 7.90. The third-order valence-corrected chi connectivity index (χ3v) is 1.24. The van der Waals surface area contributed by atoms with Crippen LogP contribution in [0.25, 0.3) is 0 Å². The van der Waals surface area contributed by atoms with Gasteiger partial charge in [-0.25, -0.2) is 19.2 Å². The van der Waals surface area contributed by atoms with Gasteiger partial charge in [0.15, 0.2) is 12.3 Å². The monoisotopic (exact) mass is 272 g/mol. The van der Waals surface area contributed by atoms with Gasteiger partial charge in [-0.3, -0.25) is 8.37 Å². The lowest BCUT2D eigenvalue weighted by atomic mass is 10.7. The van der Waals surface area contributed by atoms with Crippen molar-refractivity contribution in [2.45, 2.75) is 0 Å². The molecule has 0 aliphatic carbocycles. The third-order valence-electron chi connectivity index (χ3n) is 0.712. The first kappa shape index (κ1) is 17.5. The van der Waals surface area contributed by atoms with Crippen molar-refractivity contribution >= 4 is 36.2 Å². The summed E-state index contributed by atoms with van der Waals surface area (Å²) in [4.78, 5) is 36.4. The first-order chi connectivity index (χ1) is 7.79. The summed E-state index contributed by atoms with van der Waals surface area (Å²) in [6, 6.07) is 0. The van der Waals surface area contributed by atoms with Crippen molar-refractivity contribution in [3.8, 4) is 0 Å². The van der Waals surface area contributed by atoms with Crippen molar-refractivity contribution in [3.63, 3.8) is 0 Å². The Labute approximate surface area is 98.2 Å². The largest absolute Gasteiger partial charge is 0.473 e. The van der Waals surface area contributed by atoms with Gasteiger partial charge in [0.25, 0.3) is 0 Å². The molecule has 0 saturated carbocycles. The molecule has 1 saturated heterocycles. The van der Waals surface area contributed by atoms with Crippen LogP contribution in [0.5, 0.6) is 0 Å². The van der Waals surface area contributed by atoms with Crippen molar-refractivity contribution in [3.05, 3.63) is 0 Å². The molecule has 0 atom stereocenters. The number of carbonyl (C=O) groups is 4. The molecule has 0 unspecified atom stereocenters. The molecule has 98 valence electrons. The maximum absolute atomic E-state index is 9.10. The second-order valence-corrected chi connectivity index (χ2v) is 2.54. The van der Waals surface area contributed by atoms with Crippen LogP contribution in [0.2, 0.25) is 0 Å². The van der Waals surface area contributed by atoms with E-state index in [1.165, 1.54) is 0 Å². The van der Waals surface area contributed by atoms with Gasteiger partial charge < -0.3 is 20.4 Å². The van der Waals surface area contributed by atoms with E-state index in [1.54, 1.807) is 0 Å². The van der Waals surface area contributed by atoms with Gasteiger partial charge in [0.05, 0.1) is 13.2 Å². The molecule has 0 aromatic carbocycles. The van der Waals surface area contributed by atoms with E-state index in [-0.39, 0.29) is 0 Å². The molecule has 1 aliphatic rings. The lowest BCUT2D eigenvalue weighted by Crippen LogP contribution is -2.09. The van der Waals surface area contributed by atoms with E-state index >= 15 is 0 Å². The van der Waals surface area contributed by atoms with E-state index in [4.69, 9.17) is 39.6 Å². The smallest absolute Gasteiger partial charge is 0.414 e. The van der Waals surface area contributed by atoms with Crippen LogP contribution in [0.15, 0.2) is 0 Å². The fourth-order valence-electron chi connectivity index (χ4n) is 0.170. The predicted octanol–water partition coefficient (Wildman–Crippen LogP) is -1.09. The zero-order chi connectivity index (χ0) is 13.8. The zero-order valence-electron chi connectivity index (χ0n) is 8.06. The standard InChI is InChI=1S/2C2H2O4.C2H4O2S/c2*3-1(4)2(5)6;1-2-4-5-3-1/h2*(H,3,4)(H,5,6);1-2H2. The van der Waals surface area contributed by atoms with E-state index in [2.05, 4.69) is 8.37 Å². The fraction of sp³-hybridized carbons (Fsp3) is 0.333. The van der Waals surface area contributed by atoms with E-state index < -0.39 is 23.9 Å². The zero-order valence-corrected chi connectivity index (χ0v) is 8.88. The SMILES string of the molecule is C1COSO1.O=C(O)C(=O)O.O=C(O)C(=O)O. The summed E-state index contributed by atoms with van der Waals surface area (Å²) < 4.78 is 9.28. The minimum atomic E-state index is -1.82. The van der Waals surface area contributed by atoms with Crippen molar-refractivity contribution in [2.24, 2.45) is 0 Å². The van der Waals surface area contributed by atoms with E-state index in [0.29, 0.717) is 0 Å². The van der Waals surface area contributed by atoms with Gasteiger partial charge in [0.1, 0.15) is 0 Å². The van der Waals surface area contributed by atoms with Gasteiger partial charge in [-0.15, -0.1) is 0 Å². The maximum Gasteiger partial charge on any atom is 0.414 e. The van der Waals surface area contributed by atoms with Gasteiger partial charge in [0, 0.05) is 0 Å². The number of hydrogen-bond donors (Lipinski definition) is 4. The Balaban J connectivity index is 0. The van der Waals surface area contributed by atoms with E-state index in [0.717, 1.165) is 25.5 Å². The Kier molecular flexibility index (Phi) is 11.0. The highest BCUT2D eigenvalue weighted by Crippen LogP contribution is 2.09. The minimum absolute atomic E-state index is 0.741. The Morgan fingerprint density at radius 3 is 1.00 bits per heavy atom. The van der Waals surface area contributed by atoms with Gasteiger partial charge in [0.2, 0.25) is 0 Å². The molecule has 0 radical (unpaired) electrons. The summed E-state index contributed by atoms with van der Waals surface area (Å²) in [7, 11) is 0. The molecule has 1 aliphatic heterocycles. The second kappa shape index (κ2) is 10.7. The summed E-state index contributed by atoms with van der Waals surface area (Å²) in [5.74, 6) is -7.30. The fourth-order valence-corrected chi connectivity index (χ4v) is 0.510. The quantitative estimate of drug-likeness (QED) is 0.312. The van der Waals surface area contributed by atoms with Crippen molar-refractivity contribution < 1.29 is 48.0 Å². The Morgan fingerprint density at radius 2 is 0.941 bits per heavy atom. The molecule has 1 fully saturated rings. The van der Waals surface area contributed by atoms with Crippen LogP contribution in [-0.2, 0) is 27.5 Å². The lowest BCUT2D eigenvalue weighted by Gasteiger charge is -1.72. The van der Waals surface area contributed by atoms with Crippen LogP contribution in [0.1, 0.15) is 0 Å². The molecular formula is C6H8O10S. The number of rotatable bonds is 0. The van der Waals surface area contributed by atoms with Crippen LogP contribution in [0.3, 0.4) is 0 Å². The highest BCUT2D eigenvalue weighted by Gasteiger charge is 2.04. The molecule has 0 spiro atoms. The first-order valence-electron chi connectivity index (χ1n) is 3.62. The molecule has 17 heavy (non-hydrogen) atoms. The van der Waals surface area contributed by atoms with Gasteiger partial charge in [-0.2, -0.15) is 0 Å². The van der Waals surface area contributed by atoms with Crippen LogP contribution in [0, 0.1) is 0 Å². The number of carboxylic acid groups (broad SMARTS) is 4. The molecule has 1 rings (SSSR count). The molecule has 10 nitrogen and oxygen atoms in total. The number of carboxylic acids is 4. The second-order valence-electron chi connectivity index (χ2n) is 1.93. The Hall–Kier alpha value is -1.85. The molecule has 0 bridgehead atoms. The summed E-state index contributed by atoms with van der Waals surface area (Å²) in [5, 5.41) is 29.6. The van der Waals surface area contributed by atoms with Crippen LogP contribution in [0.4, 0.5) is 0 Å². The Morgan fingerprint density at radius 1 is 0.706 bits per heavy atom. The first-order valence-corrected chi connectivity index (χ1v) is 4.29. The molecule has 11 heteroatoms. The molecule has 4 N–H and O–H groups in total. The van der Waals surface area contributed by atoms with Crippen LogP contribution >= 0.6 is 12.3 Å². The maximum atomic E-state index is 9.10. The average Bonchev–Trinajstić information content (AvgIpc) is 2.75. The van der Waals surface area contributed by atoms with Gasteiger partial charge in [-0.05, 0) is 0 Å². The van der Waals surface area contributed by atoms with Crippen LogP contribution in [-0.4, -0.2) is 57.5 Å². The van der Waals surface area contributed by atoms with Gasteiger partial charge in [-0.1, -0.05) is 0 Å². The van der Waals surface area contributed by atoms with Gasteiger partial charge >= 0.3 is 23.9 Å². The summed E-state index contributed by atoms with van der Waals surface area (Å²) in [6.45, 7) is 1.48. The summed E-state index contributed by atoms with van der Waals surface area (Å²) in [5.41, 5.74) is 0. The summed E-state index contributed by atoms with van der Waals surface area (Å²) in [6.07, 6.45) is 0. The van der Waals surface area contributed by atoms with Crippen LogP contribution < -0.4 is 0 Å². The molecule has 1 heterocycles. The molecule has 0 aromatic heterocycles. The highest BCUT2D eigenvalue weighted by atomic mass is 32.2. The van der Waals surface area contributed by atoms with Crippen molar-refractivity contribution in [2.75, 3.05) is 13.2 Å². The van der Waals surface area contributed by atoms with Crippen molar-refractivity contribution in [1.29, 1.82) is 0 Å². The van der Waals surface area contributed by atoms with E-state index in [9.17, 15) is 0 Å². The minimum Gasteiger partial charge on any atom is -0.473 e. The van der Waals surface area contributed by atoms with Crippen molar-refractivity contribution in [1.82, 2.24) is 0 Å².